The van der Waals surface area contributed by atoms with Crippen LogP contribution >= 0.6 is 0 Å². The Morgan fingerprint density at radius 1 is 1.54 bits per heavy atom. The summed E-state index contributed by atoms with van der Waals surface area (Å²) in [4.78, 5) is 0. The molecule has 1 aliphatic carbocycles. The Hall–Kier alpha value is -0.920. The summed E-state index contributed by atoms with van der Waals surface area (Å²) >= 11 is 0. The second-order valence-corrected chi connectivity index (χ2v) is 3.21. The van der Waals surface area contributed by atoms with Crippen molar-refractivity contribution in [3.8, 4) is 0 Å². The van der Waals surface area contributed by atoms with Gasteiger partial charge in [0.1, 0.15) is 0 Å². The standard InChI is InChI=1S/C11H19NO/c1-5-8(13-4)7-10-9(6-2)11(10)12-3/h7,10,12H,5-6H2,1-4H3. The average molecular weight is 181 g/mol. The van der Waals surface area contributed by atoms with Crippen LogP contribution in [0.5, 0.6) is 0 Å². The number of ether oxygens (including phenoxy) is 1. The quantitative estimate of drug-likeness (QED) is 0.658. The van der Waals surface area contributed by atoms with Crippen molar-refractivity contribution in [2.75, 3.05) is 14.2 Å². The molecule has 0 bridgehead atoms. The molecule has 0 radical (unpaired) electrons. The molecule has 74 valence electrons. The lowest BCUT2D eigenvalue weighted by atomic mass is 10.2. The molecule has 0 saturated carbocycles. The molecule has 0 amide bonds. The molecule has 0 saturated heterocycles. The zero-order valence-corrected chi connectivity index (χ0v) is 8.98. The largest absolute Gasteiger partial charge is 0.501 e. The molecule has 1 atom stereocenters. The molecule has 1 unspecified atom stereocenters. The van der Waals surface area contributed by atoms with E-state index in [0.29, 0.717) is 5.92 Å². The lowest BCUT2D eigenvalue weighted by Gasteiger charge is -2.02. The van der Waals surface area contributed by atoms with E-state index < -0.39 is 0 Å². The third-order valence-electron chi connectivity index (χ3n) is 2.56. The number of hydrogen-bond acceptors (Lipinski definition) is 2. The monoisotopic (exact) mass is 181 g/mol. The predicted molar refractivity (Wildman–Crippen MR) is 55.2 cm³/mol. The van der Waals surface area contributed by atoms with Crippen LogP contribution in [-0.4, -0.2) is 14.2 Å². The van der Waals surface area contributed by atoms with Crippen LogP contribution in [0.1, 0.15) is 26.7 Å². The van der Waals surface area contributed by atoms with Gasteiger partial charge in [0.05, 0.1) is 12.9 Å². The molecule has 0 aromatic heterocycles. The van der Waals surface area contributed by atoms with Gasteiger partial charge in [0.15, 0.2) is 0 Å². The molecule has 0 aromatic rings. The van der Waals surface area contributed by atoms with Gasteiger partial charge in [-0.15, -0.1) is 0 Å². The van der Waals surface area contributed by atoms with Crippen LogP contribution in [0.2, 0.25) is 0 Å². The summed E-state index contributed by atoms with van der Waals surface area (Å²) in [7, 11) is 3.72. The predicted octanol–water partition coefficient (Wildman–Crippen LogP) is 2.44. The highest BCUT2D eigenvalue weighted by atomic mass is 16.5. The van der Waals surface area contributed by atoms with Gasteiger partial charge in [-0.25, -0.2) is 0 Å². The average Bonchev–Trinajstić information content (AvgIpc) is 2.86. The van der Waals surface area contributed by atoms with Crippen LogP contribution in [0.15, 0.2) is 23.1 Å². The molecule has 2 heteroatoms. The molecule has 13 heavy (non-hydrogen) atoms. The van der Waals surface area contributed by atoms with E-state index in [9.17, 15) is 0 Å². The molecule has 1 aliphatic rings. The van der Waals surface area contributed by atoms with E-state index in [4.69, 9.17) is 4.74 Å². The lowest BCUT2D eigenvalue weighted by Crippen LogP contribution is -1.99. The van der Waals surface area contributed by atoms with Crippen molar-refractivity contribution in [2.45, 2.75) is 26.7 Å². The van der Waals surface area contributed by atoms with Crippen molar-refractivity contribution in [3.05, 3.63) is 23.1 Å². The Balaban J connectivity index is 2.55. The molecule has 0 aromatic carbocycles. The fourth-order valence-corrected chi connectivity index (χ4v) is 1.71. The van der Waals surface area contributed by atoms with E-state index in [1.54, 1.807) is 7.11 Å². The molecular weight excluding hydrogens is 162 g/mol. The van der Waals surface area contributed by atoms with Crippen LogP contribution in [0.4, 0.5) is 0 Å². The summed E-state index contributed by atoms with van der Waals surface area (Å²) in [5.74, 6) is 1.62. The van der Waals surface area contributed by atoms with E-state index in [1.807, 2.05) is 7.05 Å². The first kappa shape index (κ1) is 10.2. The number of nitrogens with one attached hydrogen (secondary N) is 1. The Morgan fingerprint density at radius 3 is 2.54 bits per heavy atom. The second-order valence-electron chi connectivity index (χ2n) is 3.21. The number of hydrogen-bond donors (Lipinski definition) is 1. The van der Waals surface area contributed by atoms with Gasteiger partial charge in [0.25, 0.3) is 0 Å². The van der Waals surface area contributed by atoms with Gasteiger partial charge in [-0.2, -0.15) is 0 Å². The Labute approximate surface area is 80.7 Å². The van der Waals surface area contributed by atoms with Gasteiger partial charge in [-0.05, 0) is 18.1 Å². The number of rotatable bonds is 5. The van der Waals surface area contributed by atoms with Gasteiger partial charge in [-0.3, -0.25) is 0 Å². The zero-order chi connectivity index (χ0) is 9.84. The van der Waals surface area contributed by atoms with Crippen molar-refractivity contribution in [3.63, 3.8) is 0 Å². The highest BCUT2D eigenvalue weighted by Gasteiger charge is 2.32. The SMILES string of the molecule is CCC(=CC1C(CC)=C1NC)OC. The fourth-order valence-electron chi connectivity index (χ4n) is 1.71. The summed E-state index contributed by atoms with van der Waals surface area (Å²) in [6.07, 6.45) is 4.32. The minimum Gasteiger partial charge on any atom is -0.501 e. The highest BCUT2D eigenvalue weighted by molar-refractivity contribution is 5.44. The fraction of sp³-hybridized carbons (Fsp3) is 0.636. The van der Waals surface area contributed by atoms with Crippen LogP contribution in [0, 0.1) is 5.92 Å². The molecule has 0 fully saturated rings. The van der Waals surface area contributed by atoms with Crippen LogP contribution in [-0.2, 0) is 4.74 Å². The van der Waals surface area contributed by atoms with Crippen molar-refractivity contribution in [1.82, 2.24) is 5.32 Å². The molecule has 1 rings (SSSR count). The Kier molecular flexibility index (Phi) is 3.40. The normalized spacial score (nSPS) is 21.8. The Bertz CT molecular complexity index is 216. The van der Waals surface area contributed by atoms with E-state index >= 15 is 0 Å². The first-order valence-corrected chi connectivity index (χ1v) is 4.93. The Morgan fingerprint density at radius 2 is 2.23 bits per heavy atom. The van der Waals surface area contributed by atoms with Crippen LogP contribution in [0.25, 0.3) is 0 Å². The van der Waals surface area contributed by atoms with Crippen molar-refractivity contribution in [1.29, 1.82) is 0 Å². The maximum absolute atomic E-state index is 5.24. The summed E-state index contributed by atoms with van der Waals surface area (Å²) in [6.45, 7) is 4.31. The first-order valence-electron chi connectivity index (χ1n) is 4.93. The smallest absolute Gasteiger partial charge is 0.0922 e. The van der Waals surface area contributed by atoms with Crippen molar-refractivity contribution < 1.29 is 4.74 Å². The van der Waals surface area contributed by atoms with E-state index in [0.717, 1.165) is 18.6 Å². The van der Waals surface area contributed by atoms with Crippen molar-refractivity contribution >= 4 is 0 Å². The lowest BCUT2D eigenvalue weighted by molar-refractivity contribution is 0.278. The minimum atomic E-state index is 0.532. The summed E-state index contributed by atoms with van der Waals surface area (Å²) in [6, 6.07) is 0. The topological polar surface area (TPSA) is 21.3 Å². The zero-order valence-electron chi connectivity index (χ0n) is 8.98. The third-order valence-corrected chi connectivity index (χ3v) is 2.56. The van der Waals surface area contributed by atoms with Crippen molar-refractivity contribution in [2.24, 2.45) is 5.92 Å². The van der Waals surface area contributed by atoms with Gasteiger partial charge >= 0.3 is 0 Å². The third kappa shape index (κ3) is 2.06. The minimum absolute atomic E-state index is 0.532. The second kappa shape index (κ2) is 4.35. The van der Waals surface area contributed by atoms with Gasteiger partial charge in [0, 0.05) is 25.1 Å². The maximum atomic E-state index is 5.24. The van der Waals surface area contributed by atoms with Gasteiger partial charge < -0.3 is 10.1 Å². The first-order chi connectivity index (χ1) is 6.28. The number of methoxy groups -OCH3 is 1. The van der Waals surface area contributed by atoms with Crippen LogP contribution < -0.4 is 5.32 Å². The summed E-state index contributed by atoms with van der Waals surface area (Å²) in [5.41, 5.74) is 2.90. The molecular formula is C11H19NO. The molecule has 0 spiro atoms. The maximum Gasteiger partial charge on any atom is 0.0922 e. The van der Waals surface area contributed by atoms with Crippen LogP contribution in [0.3, 0.4) is 0 Å². The molecule has 2 nitrogen and oxygen atoms in total. The van der Waals surface area contributed by atoms with E-state index in [-0.39, 0.29) is 0 Å². The molecule has 0 heterocycles. The summed E-state index contributed by atoms with van der Waals surface area (Å²) < 4.78 is 5.24. The summed E-state index contributed by atoms with van der Waals surface area (Å²) in [5, 5.41) is 3.22. The molecule has 1 N–H and O–H groups in total. The van der Waals surface area contributed by atoms with E-state index in [1.165, 1.54) is 11.3 Å². The van der Waals surface area contributed by atoms with E-state index in [2.05, 4.69) is 25.2 Å². The number of allylic oxidation sites excluding steroid dienone is 3. The molecule has 0 aliphatic heterocycles. The van der Waals surface area contributed by atoms with Gasteiger partial charge in [0.2, 0.25) is 0 Å². The highest BCUT2D eigenvalue weighted by Crippen LogP contribution is 2.41. The van der Waals surface area contributed by atoms with Gasteiger partial charge in [-0.1, -0.05) is 13.8 Å².